The molecule has 1 aliphatic heterocycles. The van der Waals surface area contributed by atoms with Crippen molar-refractivity contribution in [2.24, 2.45) is 5.92 Å². The van der Waals surface area contributed by atoms with Gasteiger partial charge in [0.1, 0.15) is 16.8 Å². The summed E-state index contributed by atoms with van der Waals surface area (Å²) < 4.78 is 21.9. The predicted molar refractivity (Wildman–Crippen MR) is 165 cm³/mol. The molecule has 0 radical (unpaired) electrons. The van der Waals surface area contributed by atoms with Crippen LogP contribution in [0.25, 0.3) is 33.3 Å². The van der Waals surface area contributed by atoms with E-state index in [1.165, 1.54) is 30.1 Å². The van der Waals surface area contributed by atoms with E-state index in [0.717, 1.165) is 69.8 Å². The number of rotatable bonds is 6. The van der Waals surface area contributed by atoms with Crippen LogP contribution in [0.3, 0.4) is 0 Å². The Morgan fingerprint density at radius 1 is 1.07 bits per heavy atom. The summed E-state index contributed by atoms with van der Waals surface area (Å²) in [5.74, 6) is -0.534. The third-order valence-corrected chi connectivity index (χ3v) is 9.52. The minimum absolute atomic E-state index is 0.0719. The van der Waals surface area contributed by atoms with Crippen molar-refractivity contribution in [3.05, 3.63) is 94.4 Å². The molecular formula is C33H28FN3O2S2. The number of fused-ring (bicyclic) bond motifs is 1. The van der Waals surface area contributed by atoms with Crippen molar-refractivity contribution in [2.75, 3.05) is 25.1 Å². The van der Waals surface area contributed by atoms with Gasteiger partial charge in [0.25, 0.3) is 0 Å². The minimum atomic E-state index is -0.321. The van der Waals surface area contributed by atoms with E-state index < -0.39 is 0 Å². The second-order valence-corrected chi connectivity index (χ2v) is 12.1. The van der Waals surface area contributed by atoms with E-state index in [9.17, 15) is 14.4 Å². The van der Waals surface area contributed by atoms with Crippen molar-refractivity contribution >= 4 is 45.8 Å². The van der Waals surface area contributed by atoms with Crippen LogP contribution in [0.15, 0.2) is 83.1 Å². The Kier molecular flexibility index (Phi) is 7.57. The van der Waals surface area contributed by atoms with E-state index in [1.54, 1.807) is 18.0 Å². The number of thiophene rings is 1. The highest BCUT2D eigenvalue weighted by Gasteiger charge is 2.27. The molecule has 0 saturated carbocycles. The number of nitriles is 1. The van der Waals surface area contributed by atoms with Gasteiger partial charge in [-0.15, -0.1) is 11.3 Å². The molecule has 1 aliphatic rings. The number of nitrogens with zero attached hydrogens (tertiary/aromatic N) is 3. The Balaban J connectivity index is 1.53. The molecule has 1 saturated heterocycles. The Morgan fingerprint density at radius 2 is 1.85 bits per heavy atom. The van der Waals surface area contributed by atoms with Gasteiger partial charge >= 0.3 is 5.97 Å². The first-order chi connectivity index (χ1) is 20.0. The highest BCUT2D eigenvalue weighted by Crippen LogP contribution is 2.47. The molecule has 0 bridgehead atoms. The molecule has 8 heteroatoms. The Hall–Kier alpha value is -4.06. The van der Waals surface area contributed by atoms with E-state index in [0.29, 0.717) is 4.88 Å². The first-order valence-corrected chi connectivity index (χ1v) is 15.1. The molecule has 1 fully saturated rings. The van der Waals surface area contributed by atoms with Gasteiger partial charge in [-0.2, -0.15) is 5.26 Å². The largest absolute Gasteiger partial charge is 0.469 e. The van der Waals surface area contributed by atoms with Crippen molar-refractivity contribution < 1.29 is 13.9 Å². The third-order valence-electron chi connectivity index (χ3n) is 7.65. The summed E-state index contributed by atoms with van der Waals surface area (Å²) in [5.41, 5.74) is 6.65. The van der Waals surface area contributed by atoms with E-state index in [4.69, 9.17) is 4.74 Å². The molecule has 5 nitrogen and oxygen atoms in total. The monoisotopic (exact) mass is 581 g/mol. The lowest BCUT2D eigenvalue weighted by Crippen LogP contribution is -2.36. The van der Waals surface area contributed by atoms with Gasteiger partial charge in [0.15, 0.2) is 0 Å². The predicted octanol–water partition coefficient (Wildman–Crippen LogP) is 8.30. The summed E-state index contributed by atoms with van der Waals surface area (Å²) in [6, 6.07) is 25.9. The van der Waals surface area contributed by atoms with Gasteiger partial charge in [-0.25, -0.2) is 4.39 Å². The highest BCUT2D eigenvalue weighted by atomic mass is 32.2. The number of piperidine rings is 1. The summed E-state index contributed by atoms with van der Waals surface area (Å²) in [6.45, 7) is 3.57. The van der Waals surface area contributed by atoms with Crippen LogP contribution in [0.5, 0.6) is 0 Å². The number of carbonyl (C=O) groups is 1. The van der Waals surface area contributed by atoms with E-state index in [-0.39, 0.29) is 17.7 Å². The maximum Gasteiger partial charge on any atom is 0.308 e. The molecule has 206 valence electrons. The van der Waals surface area contributed by atoms with Crippen LogP contribution in [0.2, 0.25) is 0 Å². The van der Waals surface area contributed by atoms with Crippen LogP contribution < -0.4 is 4.90 Å². The molecule has 0 spiro atoms. The smallest absolute Gasteiger partial charge is 0.308 e. The first kappa shape index (κ1) is 27.1. The lowest BCUT2D eigenvalue weighted by atomic mass is 9.95. The summed E-state index contributed by atoms with van der Waals surface area (Å²) in [7, 11) is 1.44. The molecule has 0 N–H and O–H groups in total. The van der Waals surface area contributed by atoms with E-state index >= 15 is 0 Å². The maximum absolute atomic E-state index is 14.8. The second kappa shape index (κ2) is 11.4. The van der Waals surface area contributed by atoms with E-state index in [1.807, 2.05) is 23.6 Å². The molecule has 41 heavy (non-hydrogen) atoms. The lowest BCUT2D eigenvalue weighted by molar-refractivity contribution is -0.146. The Morgan fingerprint density at radius 3 is 2.59 bits per heavy atom. The average Bonchev–Trinajstić information content (AvgIpc) is 3.59. The second-order valence-electron chi connectivity index (χ2n) is 10.2. The zero-order chi connectivity index (χ0) is 28.5. The fraction of sp³-hybridized carbons (Fsp3) is 0.212. The van der Waals surface area contributed by atoms with Gasteiger partial charge in [-0.3, -0.25) is 8.77 Å². The number of aryl methyl sites for hydroxylation is 1. The number of anilines is 1. The van der Waals surface area contributed by atoms with Gasteiger partial charge in [-0.05, 0) is 85.6 Å². The molecule has 0 aliphatic carbocycles. The van der Waals surface area contributed by atoms with Crippen LogP contribution in [-0.4, -0.2) is 30.1 Å². The zero-order valence-corrected chi connectivity index (χ0v) is 24.4. The standard InChI is InChI=1S/C33H28FN3O2S2/c1-21-6-9-26(10-7-21)41-37-29-11-8-24(34)19-28(29)31(27-14-17-40-30(27)20-35)32(37)23-4-3-5-25(18-23)36-15-12-22(13-16-36)33(38)39-2/h3-11,14,17-19,22H,12-13,15-16H2,1-2H3. The Labute approximate surface area is 246 Å². The summed E-state index contributed by atoms with van der Waals surface area (Å²) in [4.78, 5) is 16.0. The third kappa shape index (κ3) is 5.23. The summed E-state index contributed by atoms with van der Waals surface area (Å²) in [5, 5.41) is 12.6. The average molecular weight is 582 g/mol. The van der Waals surface area contributed by atoms with Crippen LogP contribution in [0.4, 0.5) is 10.1 Å². The van der Waals surface area contributed by atoms with Crippen LogP contribution in [-0.2, 0) is 9.53 Å². The summed E-state index contributed by atoms with van der Waals surface area (Å²) >= 11 is 2.97. The molecule has 0 atom stereocenters. The number of hydrogen-bond acceptors (Lipinski definition) is 6. The van der Waals surface area contributed by atoms with Crippen molar-refractivity contribution in [1.82, 2.24) is 3.97 Å². The van der Waals surface area contributed by atoms with Crippen molar-refractivity contribution in [3.8, 4) is 28.5 Å². The summed E-state index contributed by atoms with van der Waals surface area (Å²) in [6.07, 6.45) is 1.48. The van der Waals surface area contributed by atoms with Crippen LogP contribution in [0.1, 0.15) is 23.3 Å². The van der Waals surface area contributed by atoms with Crippen molar-refractivity contribution in [2.45, 2.75) is 24.7 Å². The van der Waals surface area contributed by atoms with Gasteiger partial charge in [0.2, 0.25) is 0 Å². The molecule has 0 unspecified atom stereocenters. The zero-order valence-electron chi connectivity index (χ0n) is 22.8. The molecule has 3 aromatic carbocycles. The number of benzene rings is 3. The fourth-order valence-electron chi connectivity index (χ4n) is 5.55. The number of halogens is 1. The molecule has 3 heterocycles. The van der Waals surface area contributed by atoms with Crippen molar-refractivity contribution in [1.29, 1.82) is 5.26 Å². The topological polar surface area (TPSA) is 58.3 Å². The normalized spacial score (nSPS) is 13.9. The number of hydrogen-bond donors (Lipinski definition) is 0. The van der Waals surface area contributed by atoms with Gasteiger partial charge < -0.3 is 9.64 Å². The highest BCUT2D eigenvalue weighted by molar-refractivity contribution is 7.98. The molecule has 0 amide bonds. The molecular weight excluding hydrogens is 554 g/mol. The van der Waals surface area contributed by atoms with Crippen LogP contribution >= 0.6 is 23.3 Å². The first-order valence-electron chi connectivity index (χ1n) is 13.5. The number of esters is 1. The van der Waals surface area contributed by atoms with E-state index in [2.05, 4.69) is 64.3 Å². The number of methoxy groups -OCH3 is 1. The maximum atomic E-state index is 14.8. The van der Waals surface area contributed by atoms with Gasteiger partial charge in [-0.1, -0.05) is 29.8 Å². The molecule has 5 aromatic rings. The van der Waals surface area contributed by atoms with Gasteiger partial charge in [0.05, 0.1) is 24.2 Å². The SMILES string of the molecule is COC(=O)C1CCN(c2cccc(-c3c(-c4ccsc4C#N)c4cc(F)ccc4n3Sc3ccc(C)cc3)c2)CC1. The quantitative estimate of drug-likeness (QED) is 0.189. The van der Waals surface area contributed by atoms with Gasteiger partial charge in [0, 0.05) is 45.7 Å². The van der Waals surface area contributed by atoms with Crippen LogP contribution in [0, 0.1) is 30.0 Å². The molecule has 6 rings (SSSR count). The minimum Gasteiger partial charge on any atom is -0.469 e. The lowest BCUT2D eigenvalue weighted by Gasteiger charge is -2.32. The Bertz CT molecular complexity index is 1780. The fourth-order valence-corrected chi connectivity index (χ4v) is 7.26. The molecule has 2 aromatic heterocycles. The number of aromatic nitrogens is 1. The number of carbonyl (C=O) groups excluding carboxylic acids is 1. The number of ether oxygens (including phenoxy) is 1. The van der Waals surface area contributed by atoms with Crippen molar-refractivity contribution in [3.63, 3.8) is 0 Å².